The van der Waals surface area contributed by atoms with E-state index < -0.39 is 0 Å². The molecule has 2 aromatic carbocycles. The van der Waals surface area contributed by atoms with Crippen molar-refractivity contribution in [2.75, 3.05) is 5.32 Å². The molecule has 4 nitrogen and oxygen atoms in total. The lowest BCUT2D eigenvalue weighted by Crippen LogP contribution is -2.17. The van der Waals surface area contributed by atoms with E-state index in [1.54, 1.807) is 0 Å². The summed E-state index contributed by atoms with van der Waals surface area (Å²) in [7, 11) is 0. The first-order chi connectivity index (χ1) is 11.7. The zero-order chi connectivity index (χ0) is 18.2. The summed E-state index contributed by atoms with van der Waals surface area (Å²) in [5.41, 5.74) is 4.50. The van der Waals surface area contributed by atoms with Gasteiger partial charge in [-0.05, 0) is 41.3 Å². The van der Waals surface area contributed by atoms with Crippen LogP contribution in [-0.2, 0) is 10.2 Å². The van der Waals surface area contributed by atoms with Crippen LogP contribution < -0.4 is 5.32 Å². The van der Waals surface area contributed by atoms with E-state index in [4.69, 9.17) is 4.42 Å². The van der Waals surface area contributed by atoms with E-state index in [1.807, 2.05) is 44.2 Å². The molecule has 0 aliphatic heterocycles. The molecule has 0 aliphatic rings. The number of benzene rings is 2. The van der Waals surface area contributed by atoms with Crippen LogP contribution in [0.5, 0.6) is 0 Å². The van der Waals surface area contributed by atoms with Crippen molar-refractivity contribution in [2.45, 2.75) is 40.0 Å². The Kier molecular flexibility index (Phi) is 4.38. The molecule has 0 fully saturated rings. The molecule has 1 amide bonds. The summed E-state index contributed by atoms with van der Waals surface area (Å²) in [4.78, 5) is 16.4. The molecule has 0 radical (unpaired) electrons. The van der Waals surface area contributed by atoms with E-state index in [1.165, 1.54) is 5.56 Å². The van der Waals surface area contributed by atoms with Crippen molar-refractivity contribution >= 4 is 22.7 Å². The van der Waals surface area contributed by atoms with Crippen LogP contribution in [0.4, 0.5) is 5.69 Å². The van der Waals surface area contributed by atoms with Gasteiger partial charge in [0, 0.05) is 17.2 Å². The Balaban J connectivity index is 1.89. The van der Waals surface area contributed by atoms with Gasteiger partial charge in [-0.25, -0.2) is 4.98 Å². The predicted molar refractivity (Wildman–Crippen MR) is 102 cm³/mol. The van der Waals surface area contributed by atoms with Gasteiger partial charge in [0.25, 0.3) is 0 Å². The molecule has 3 rings (SSSR count). The lowest BCUT2D eigenvalue weighted by atomic mass is 9.87. The van der Waals surface area contributed by atoms with Crippen molar-refractivity contribution in [3.8, 4) is 11.5 Å². The van der Waals surface area contributed by atoms with Crippen LogP contribution in [0.2, 0.25) is 0 Å². The fourth-order valence-corrected chi connectivity index (χ4v) is 2.53. The minimum atomic E-state index is -0.0649. The molecule has 1 aromatic heterocycles. The molecule has 0 saturated heterocycles. The maximum Gasteiger partial charge on any atom is 0.227 e. The predicted octanol–water partition coefficient (Wildman–Crippen LogP) is 5.39. The Hall–Kier alpha value is -2.62. The van der Waals surface area contributed by atoms with Gasteiger partial charge in [0.1, 0.15) is 5.52 Å². The Morgan fingerprint density at radius 1 is 1.08 bits per heavy atom. The van der Waals surface area contributed by atoms with Crippen molar-refractivity contribution in [1.82, 2.24) is 4.98 Å². The first-order valence-corrected chi connectivity index (χ1v) is 8.56. The van der Waals surface area contributed by atoms with Gasteiger partial charge in [-0.15, -0.1) is 0 Å². The van der Waals surface area contributed by atoms with E-state index in [-0.39, 0.29) is 17.2 Å². The van der Waals surface area contributed by atoms with E-state index in [2.05, 4.69) is 43.2 Å². The topological polar surface area (TPSA) is 55.1 Å². The summed E-state index contributed by atoms with van der Waals surface area (Å²) in [6.45, 7) is 10.3. The Morgan fingerprint density at radius 2 is 1.76 bits per heavy atom. The number of nitrogens with zero attached hydrogens (tertiary/aromatic N) is 1. The molecule has 0 aliphatic carbocycles. The standard InChI is InChI=1S/C21H24N2O2/c1-13(2)19(24)22-16-10-11-18-17(12-16)23-20(25-18)14-6-8-15(9-7-14)21(3,4)5/h6-13H,1-5H3,(H,22,24). The highest BCUT2D eigenvalue weighted by Gasteiger charge is 2.15. The second-order valence-electron chi connectivity index (χ2n) is 7.67. The highest BCUT2D eigenvalue weighted by atomic mass is 16.3. The van der Waals surface area contributed by atoms with Crippen molar-refractivity contribution in [1.29, 1.82) is 0 Å². The average Bonchev–Trinajstić information content (AvgIpc) is 2.97. The summed E-state index contributed by atoms with van der Waals surface area (Å²) < 4.78 is 5.86. The van der Waals surface area contributed by atoms with Gasteiger partial charge in [-0.2, -0.15) is 0 Å². The molecule has 1 N–H and O–H groups in total. The van der Waals surface area contributed by atoms with Crippen molar-refractivity contribution < 1.29 is 9.21 Å². The summed E-state index contributed by atoms with van der Waals surface area (Å²) in [5.74, 6) is 0.508. The number of fused-ring (bicyclic) bond motifs is 1. The third kappa shape index (κ3) is 3.73. The normalized spacial score (nSPS) is 11.9. The van der Waals surface area contributed by atoms with Gasteiger partial charge in [-0.1, -0.05) is 46.8 Å². The largest absolute Gasteiger partial charge is 0.436 e. The summed E-state index contributed by atoms with van der Waals surface area (Å²) in [5, 5.41) is 2.89. The molecule has 0 spiro atoms. The van der Waals surface area contributed by atoms with Crippen molar-refractivity contribution in [2.24, 2.45) is 5.92 Å². The fraction of sp³-hybridized carbons (Fsp3) is 0.333. The molecular weight excluding hydrogens is 312 g/mol. The van der Waals surface area contributed by atoms with Gasteiger partial charge in [-0.3, -0.25) is 4.79 Å². The number of aromatic nitrogens is 1. The summed E-state index contributed by atoms with van der Waals surface area (Å²) in [6, 6.07) is 13.8. The third-order valence-corrected chi connectivity index (χ3v) is 4.18. The number of carbonyl (C=O) groups is 1. The number of carbonyl (C=O) groups excluding carboxylic acids is 1. The fourth-order valence-electron chi connectivity index (χ4n) is 2.53. The van der Waals surface area contributed by atoms with Crippen LogP contribution in [0.25, 0.3) is 22.6 Å². The van der Waals surface area contributed by atoms with Crippen LogP contribution in [0.3, 0.4) is 0 Å². The minimum absolute atomic E-state index is 0.0131. The van der Waals surface area contributed by atoms with Gasteiger partial charge in [0.2, 0.25) is 11.8 Å². The molecular formula is C21H24N2O2. The van der Waals surface area contributed by atoms with E-state index in [9.17, 15) is 4.79 Å². The molecule has 0 saturated carbocycles. The van der Waals surface area contributed by atoms with E-state index >= 15 is 0 Å². The molecule has 25 heavy (non-hydrogen) atoms. The van der Waals surface area contributed by atoms with Crippen LogP contribution >= 0.6 is 0 Å². The molecule has 0 unspecified atom stereocenters. The maximum atomic E-state index is 11.8. The molecule has 130 valence electrons. The average molecular weight is 336 g/mol. The Morgan fingerprint density at radius 3 is 2.36 bits per heavy atom. The monoisotopic (exact) mass is 336 g/mol. The quantitative estimate of drug-likeness (QED) is 0.698. The van der Waals surface area contributed by atoms with Crippen molar-refractivity contribution in [3.05, 3.63) is 48.0 Å². The smallest absolute Gasteiger partial charge is 0.227 e. The first kappa shape index (κ1) is 17.2. The highest BCUT2D eigenvalue weighted by Crippen LogP contribution is 2.29. The Labute approximate surface area is 148 Å². The number of amides is 1. The molecule has 1 heterocycles. The van der Waals surface area contributed by atoms with Crippen LogP contribution in [0.1, 0.15) is 40.2 Å². The van der Waals surface area contributed by atoms with Gasteiger partial charge >= 0.3 is 0 Å². The zero-order valence-electron chi connectivity index (χ0n) is 15.4. The van der Waals surface area contributed by atoms with Gasteiger partial charge in [0.05, 0.1) is 0 Å². The summed E-state index contributed by atoms with van der Waals surface area (Å²) >= 11 is 0. The zero-order valence-corrected chi connectivity index (χ0v) is 15.4. The van der Waals surface area contributed by atoms with Crippen LogP contribution in [0.15, 0.2) is 46.9 Å². The first-order valence-electron chi connectivity index (χ1n) is 8.56. The number of hydrogen-bond donors (Lipinski definition) is 1. The van der Waals surface area contributed by atoms with E-state index in [0.717, 1.165) is 16.8 Å². The Bertz CT molecular complexity index is 900. The van der Waals surface area contributed by atoms with Gasteiger partial charge in [0.15, 0.2) is 5.58 Å². The lowest BCUT2D eigenvalue weighted by molar-refractivity contribution is -0.118. The highest BCUT2D eigenvalue weighted by molar-refractivity contribution is 5.94. The number of hydrogen-bond acceptors (Lipinski definition) is 3. The molecule has 3 aromatic rings. The second-order valence-corrected chi connectivity index (χ2v) is 7.67. The number of nitrogens with one attached hydrogen (secondary N) is 1. The van der Waals surface area contributed by atoms with Gasteiger partial charge < -0.3 is 9.73 Å². The number of rotatable bonds is 3. The van der Waals surface area contributed by atoms with E-state index in [0.29, 0.717) is 11.5 Å². The molecule has 4 heteroatoms. The van der Waals surface area contributed by atoms with Crippen LogP contribution in [0, 0.1) is 5.92 Å². The SMILES string of the molecule is CC(C)C(=O)Nc1ccc2oc(-c3ccc(C(C)(C)C)cc3)nc2c1. The lowest BCUT2D eigenvalue weighted by Gasteiger charge is -2.18. The second kappa shape index (κ2) is 6.36. The van der Waals surface area contributed by atoms with Crippen LogP contribution in [-0.4, -0.2) is 10.9 Å². The maximum absolute atomic E-state index is 11.8. The van der Waals surface area contributed by atoms with Crippen molar-refractivity contribution in [3.63, 3.8) is 0 Å². The number of anilines is 1. The number of oxazole rings is 1. The third-order valence-electron chi connectivity index (χ3n) is 4.18. The molecule has 0 atom stereocenters. The molecule has 0 bridgehead atoms. The summed E-state index contributed by atoms with van der Waals surface area (Å²) in [6.07, 6.45) is 0. The minimum Gasteiger partial charge on any atom is -0.436 e.